The largest absolute Gasteiger partial charge is 0.332 e. The molecule has 3 nitrogen and oxygen atoms in total. The van der Waals surface area contributed by atoms with Crippen molar-refractivity contribution in [2.75, 3.05) is 0 Å². The van der Waals surface area contributed by atoms with Gasteiger partial charge in [0.15, 0.2) is 0 Å². The zero-order valence-electron chi connectivity index (χ0n) is 2.68. The van der Waals surface area contributed by atoms with Crippen LogP contribution in [0.25, 0.3) is 0 Å². The molecule has 0 amide bonds. The standard InChI is InChI=1S/C2ClN2O/c3-2-1-6-5-4-2. The van der Waals surface area contributed by atoms with Crippen LogP contribution in [0.2, 0.25) is 5.15 Å². The number of aromatic nitrogens is 2. The van der Waals surface area contributed by atoms with Gasteiger partial charge in [-0.15, -0.1) is 0 Å². The second-order valence-electron chi connectivity index (χ2n) is 0.666. The second kappa shape index (κ2) is 1.26. The molecule has 0 bridgehead atoms. The Labute approximate surface area is 38.9 Å². The molecule has 0 aliphatic heterocycles. The maximum atomic E-state index is 5.13. The van der Waals surface area contributed by atoms with E-state index in [1.54, 1.807) is 0 Å². The Bertz CT molecular complexity index is 115. The zero-order chi connectivity index (χ0) is 4.41. The predicted molar refractivity (Wildman–Crippen MR) is 18.1 cm³/mol. The van der Waals surface area contributed by atoms with E-state index < -0.39 is 0 Å². The molecule has 0 aliphatic carbocycles. The molecule has 1 radical (unpaired) electrons. The van der Waals surface area contributed by atoms with Gasteiger partial charge >= 0.3 is 0 Å². The van der Waals surface area contributed by atoms with Crippen molar-refractivity contribution in [3.63, 3.8) is 0 Å². The number of rotatable bonds is 0. The molecule has 4 heteroatoms. The van der Waals surface area contributed by atoms with E-state index >= 15 is 0 Å². The minimum absolute atomic E-state index is 0.162. The SMILES string of the molecule is Clc1[c]onn1. The Kier molecular flexibility index (Phi) is 0.759. The van der Waals surface area contributed by atoms with Crippen LogP contribution in [-0.2, 0) is 0 Å². The van der Waals surface area contributed by atoms with Crippen LogP contribution >= 0.6 is 11.6 Å². The lowest BCUT2D eigenvalue weighted by Gasteiger charge is -1.52. The summed E-state index contributed by atoms with van der Waals surface area (Å²) in [4.78, 5) is 0. The third-order valence-corrected chi connectivity index (χ3v) is 0.452. The molecule has 6 heavy (non-hydrogen) atoms. The third kappa shape index (κ3) is 0.490. The molecular formula is C2ClN2O. The topological polar surface area (TPSA) is 38.9 Å². The molecule has 0 atom stereocenters. The molecule has 0 saturated carbocycles. The molecule has 0 aliphatic rings. The van der Waals surface area contributed by atoms with E-state index in [1.165, 1.54) is 0 Å². The van der Waals surface area contributed by atoms with Gasteiger partial charge in [-0.25, -0.2) is 0 Å². The minimum Gasteiger partial charge on any atom is -0.332 e. The molecule has 1 aromatic heterocycles. The van der Waals surface area contributed by atoms with Crippen LogP contribution in [-0.4, -0.2) is 10.4 Å². The molecule has 0 fully saturated rings. The van der Waals surface area contributed by atoms with Crippen LogP contribution in [0.3, 0.4) is 0 Å². The smallest absolute Gasteiger partial charge is 0.247 e. The zero-order valence-corrected chi connectivity index (χ0v) is 3.44. The Morgan fingerprint density at radius 3 is 2.83 bits per heavy atom. The van der Waals surface area contributed by atoms with Gasteiger partial charge in [-0.05, 0) is 0 Å². The van der Waals surface area contributed by atoms with E-state index in [9.17, 15) is 0 Å². The molecule has 1 rings (SSSR count). The first-order valence-electron chi connectivity index (χ1n) is 1.25. The van der Waals surface area contributed by atoms with E-state index in [2.05, 4.69) is 21.2 Å². The Morgan fingerprint density at radius 2 is 2.67 bits per heavy atom. The first-order chi connectivity index (χ1) is 2.89. The van der Waals surface area contributed by atoms with Gasteiger partial charge in [0.2, 0.25) is 11.4 Å². The van der Waals surface area contributed by atoms with Gasteiger partial charge in [0, 0.05) is 5.27 Å². The summed E-state index contributed by atoms with van der Waals surface area (Å²) >= 11 is 5.13. The fraction of sp³-hybridized carbons (Fsp3) is 0. The summed E-state index contributed by atoms with van der Waals surface area (Å²) in [5.74, 6) is 0. The summed E-state index contributed by atoms with van der Waals surface area (Å²) in [6.07, 6.45) is 2.17. The summed E-state index contributed by atoms with van der Waals surface area (Å²) in [7, 11) is 0. The van der Waals surface area contributed by atoms with Gasteiger partial charge in [0.25, 0.3) is 0 Å². The van der Waals surface area contributed by atoms with E-state index in [0.717, 1.165) is 0 Å². The normalized spacial score (nSPS) is 8.83. The van der Waals surface area contributed by atoms with Crippen LogP contribution in [0.15, 0.2) is 4.52 Å². The second-order valence-corrected chi connectivity index (χ2v) is 1.02. The predicted octanol–water partition coefficient (Wildman–Crippen LogP) is 0.523. The van der Waals surface area contributed by atoms with Crippen LogP contribution < -0.4 is 0 Å². The lowest BCUT2D eigenvalue weighted by atomic mass is 11.0. The van der Waals surface area contributed by atoms with E-state index in [0.29, 0.717) is 0 Å². The molecule has 1 heterocycles. The maximum Gasteiger partial charge on any atom is 0.247 e. The monoisotopic (exact) mass is 103 g/mol. The number of hydrogen-bond acceptors (Lipinski definition) is 3. The minimum atomic E-state index is 0.162. The first-order valence-corrected chi connectivity index (χ1v) is 1.63. The lowest BCUT2D eigenvalue weighted by molar-refractivity contribution is 0.387. The summed E-state index contributed by atoms with van der Waals surface area (Å²) in [5, 5.41) is 6.38. The number of halogens is 1. The molecule has 0 spiro atoms. The van der Waals surface area contributed by atoms with Crippen molar-refractivity contribution in [1.82, 2.24) is 10.4 Å². The van der Waals surface area contributed by atoms with Gasteiger partial charge in [-0.3, -0.25) is 0 Å². The van der Waals surface area contributed by atoms with Crippen LogP contribution in [0.5, 0.6) is 0 Å². The Balaban J connectivity index is 3.05. The van der Waals surface area contributed by atoms with Crippen molar-refractivity contribution >= 4 is 11.6 Å². The van der Waals surface area contributed by atoms with Crippen molar-refractivity contribution in [2.24, 2.45) is 0 Å². The molecular weight excluding hydrogens is 103 g/mol. The Hall–Kier alpha value is -0.570. The van der Waals surface area contributed by atoms with Crippen LogP contribution in [0.4, 0.5) is 0 Å². The van der Waals surface area contributed by atoms with Gasteiger partial charge in [-0.1, -0.05) is 16.7 Å². The van der Waals surface area contributed by atoms with Crippen LogP contribution in [0, 0.1) is 6.26 Å². The third-order valence-electron chi connectivity index (χ3n) is 0.299. The van der Waals surface area contributed by atoms with Crippen molar-refractivity contribution < 1.29 is 4.52 Å². The molecule has 1 aromatic rings. The van der Waals surface area contributed by atoms with E-state index in [4.69, 9.17) is 11.6 Å². The highest BCUT2D eigenvalue weighted by atomic mass is 35.5. The average molecular weight is 103 g/mol. The van der Waals surface area contributed by atoms with Gasteiger partial charge in [0.1, 0.15) is 0 Å². The number of nitrogens with zero attached hydrogens (tertiary/aromatic N) is 2. The van der Waals surface area contributed by atoms with Crippen molar-refractivity contribution in [1.29, 1.82) is 0 Å². The highest BCUT2D eigenvalue weighted by Gasteiger charge is 1.85. The van der Waals surface area contributed by atoms with Crippen molar-refractivity contribution in [3.8, 4) is 0 Å². The summed E-state index contributed by atoms with van der Waals surface area (Å²) < 4.78 is 4.10. The summed E-state index contributed by atoms with van der Waals surface area (Å²) in [6.45, 7) is 0. The van der Waals surface area contributed by atoms with Gasteiger partial charge in [-0.2, -0.15) is 0 Å². The highest BCUT2D eigenvalue weighted by molar-refractivity contribution is 6.28. The van der Waals surface area contributed by atoms with E-state index in [-0.39, 0.29) is 5.15 Å². The van der Waals surface area contributed by atoms with Crippen molar-refractivity contribution in [2.45, 2.75) is 0 Å². The maximum absolute atomic E-state index is 5.13. The molecule has 31 valence electrons. The average Bonchev–Trinajstić information content (AvgIpc) is 1.86. The molecule has 0 unspecified atom stereocenters. The number of hydrogen-bond donors (Lipinski definition) is 0. The highest BCUT2D eigenvalue weighted by Crippen LogP contribution is 1.95. The lowest BCUT2D eigenvalue weighted by Crippen LogP contribution is -1.58. The fourth-order valence-corrected chi connectivity index (χ4v) is 0.200. The first kappa shape index (κ1) is 3.61. The van der Waals surface area contributed by atoms with Crippen LogP contribution in [0.1, 0.15) is 0 Å². The molecule has 0 N–H and O–H groups in total. The quantitative estimate of drug-likeness (QED) is 0.481. The summed E-state index contributed by atoms with van der Waals surface area (Å²) in [5.41, 5.74) is 0. The van der Waals surface area contributed by atoms with Gasteiger partial charge in [0.05, 0.1) is 0 Å². The molecule has 0 saturated heterocycles. The molecule has 0 aromatic carbocycles. The summed E-state index contributed by atoms with van der Waals surface area (Å²) in [6, 6.07) is 0. The van der Waals surface area contributed by atoms with Crippen molar-refractivity contribution in [3.05, 3.63) is 11.4 Å². The fourth-order valence-electron chi connectivity index (χ4n) is 0.135. The van der Waals surface area contributed by atoms with Gasteiger partial charge < -0.3 is 4.52 Å². The Morgan fingerprint density at radius 1 is 1.83 bits per heavy atom. The van der Waals surface area contributed by atoms with E-state index in [1.807, 2.05) is 0 Å².